The minimum absolute atomic E-state index is 0. The molecule has 38 heavy (non-hydrogen) atoms. The molecule has 2 aliphatic rings. The minimum atomic E-state index is -3.11. The SMILES string of the molecule is [CH2-]c1cc(C2(C(=O)Nc3cccc(-c4ccc(S(=N)(=O)N5CCC[C@@H]5CCl)cc4)n3)CC2)ccc1OC.[U]. The van der Waals surface area contributed by atoms with Crippen LogP contribution in [0.1, 0.15) is 36.8 Å². The van der Waals surface area contributed by atoms with E-state index in [2.05, 4.69) is 17.2 Å². The molecule has 2 aromatic carbocycles. The normalized spacial score (nSPS) is 19.7. The molecule has 2 heterocycles. The standard InChI is InChI=1S/C28H30ClN4O3S.U/c1-19-17-21(10-13-25(19)36-2)28(14-15-28)27(34)32-26-7-3-6-24(31-26)20-8-11-23(12-9-20)37(30,35)33-16-4-5-22(33)18-29;/h3,6-13,17,22,30H,1,4-5,14-16,18H2,2H3,(H,31,32,34);/q-1;/t22-,37?;/m1./s1. The van der Waals surface area contributed by atoms with Gasteiger partial charge in [-0.25, -0.2) is 18.3 Å². The zero-order valence-electron chi connectivity index (χ0n) is 21.2. The molecule has 3 aromatic rings. The van der Waals surface area contributed by atoms with E-state index in [4.69, 9.17) is 21.1 Å². The Morgan fingerprint density at radius 2 is 1.97 bits per heavy atom. The average Bonchev–Trinajstić information content (AvgIpc) is 3.58. The number of hydrogen-bond donors (Lipinski definition) is 2. The Balaban J connectivity index is 0.00000336. The van der Waals surface area contributed by atoms with Crippen molar-refractivity contribution in [2.24, 2.45) is 0 Å². The minimum Gasteiger partial charge on any atom is -0.554 e. The predicted molar refractivity (Wildman–Crippen MR) is 146 cm³/mol. The van der Waals surface area contributed by atoms with Crippen molar-refractivity contribution in [3.63, 3.8) is 0 Å². The number of methoxy groups -OCH3 is 1. The number of amides is 1. The quantitative estimate of drug-likeness (QED) is 0.229. The Kier molecular flexibility index (Phi) is 8.85. The van der Waals surface area contributed by atoms with Crippen LogP contribution in [-0.2, 0) is 20.1 Å². The van der Waals surface area contributed by atoms with Crippen LogP contribution < -0.4 is 10.1 Å². The van der Waals surface area contributed by atoms with Crippen LogP contribution in [0.4, 0.5) is 5.82 Å². The molecule has 1 aliphatic heterocycles. The second-order valence-electron chi connectivity index (χ2n) is 9.61. The molecule has 1 aliphatic carbocycles. The largest absolute Gasteiger partial charge is 0.554 e. The summed E-state index contributed by atoms with van der Waals surface area (Å²) in [6.45, 7) is 4.64. The van der Waals surface area contributed by atoms with Crippen LogP contribution in [0, 0.1) is 42.8 Å². The second-order valence-corrected chi connectivity index (χ2v) is 11.9. The number of ether oxygens (including phenoxy) is 1. The number of carbonyl (C=O) groups excluding carboxylic acids is 1. The third-order valence-corrected chi connectivity index (χ3v) is 9.72. The molecule has 1 saturated carbocycles. The van der Waals surface area contributed by atoms with Crippen LogP contribution in [0.2, 0.25) is 0 Å². The van der Waals surface area contributed by atoms with Crippen molar-refractivity contribution < 1.29 is 44.9 Å². The summed E-state index contributed by atoms with van der Waals surface area (Å²) in [5.41, 5.74) is 2.58. The summed E-state index contributed by atoms with van der Waals surface area (Å²) < 4.78 is 28.9. The summed E-state index contributed by atoms with van der Waals surface area (Å²) in [6.07, 6.45) is 3.28. The van der Waals surface area contributed by atoms with Crippen molar-refractivity contribution in [2.45, 2.75) is 42.0 Å². The number of carbonyl (C=O) groups is 1. The van der Waals surface area contributed by atoms with Gasteiger partial charge in [-0.1, -0.05) is 35.9 Å². The van der Waals surface area contributed by atoms with Crippen LogP contribution in [-0.4, -0.2) is 45.0 Å². The first-order chi connectivity index (χ1) is 17.8. The average molecular weight is 776 g/mol. The first-order valence-electron chi connectivity index (χ1n) is 12.3. The second kappa shape index (κ2) is 11.6. The van der Waals surface area contributed by atoms with Crippen LogP contribution in [0.15, 0.2) is 65.6 Å². The fourth-order valence-corrected chi connectivity index (χ4v) is 7.16. The molecule has 198 valence electrons. The van der Waals surface area contributed by atoms with Crippen molar-refractivity contribution >= 4 is 33.2 Å². The van der Waals surface area contributed by atoms with Gasteiger partial charge in [-0.05, 0) is 49.9 Å². The Hall–Kier alpha value is -2.02. The zero-order chi connectivity index (χ0) is 26.2. The van der Waals surface area contributed by atoms with Crippen molar-refractivity contribution in [2.75, 3.05) is 24.9 Å². The molecule has 0 bridgehead atoms. The number of anilines is 1. The summed E-state index contributed by atoms with van der Waals surface area (Å²) in [6, 6.07) is 18.2. The molecule has 5 rings (SSSR count). The van der Waals surface area contributed by atoms with Gasteiger partial charge in [-0.15, -0.1) is 11.6 Å². The third-order valence-electron chi connectivity index (χ3n) is 7.31. The molecule has 1 saturated heterocycles. The number of benzene rings is 2. The topological polar surface area (TPSA) is 95.4 Å². The smallest absolute Gasteiger partial charge is 0.235 e. The molecular weight excluding hydrogens is 746 g/mol. The van der Waals surface area contributed by atoms with E-state index in [0.29, 0.717) is 34.6 Å². The molecular formula is C28H30ClN4O3SU-. The Morgan fingerprint density at radius 3 is 2.61 bits per heavy atom. The fraction of sp³-hybridized carbons (Fsp3) is 0.321. The predicted octanol–water partition coefficient (Wildman–Crippen LogP) is 5.63. The van der Waals surface area contributed by atoms with Crippen LogP contribution in [0.25, 0.3) is 11.3 Å². The van der Waals surface area contributed by atoms with Gasteiger partial charge in [-0.3, -0.25) is 4.79 Å². The van der Waals surface area contributed by atoms with Gasteiger partial charge in [0.25, 0.3) is 0 Å². The molecule has 7 nitrogen and oxygen atoms in total. The maximum atomic E-state index is 13.3. The number of hydrogen-bond acceptors (Lipinski definition) is 5. The number of rotatable bonds is 8. The molecule has 10 heteroatoms. The number of halogens is 1. The van der Waals surface area contributed by atoms with Crippen molar-refractivity contribution in [1.82, 2.24) is 9.29 Å². The molecule has 1 unspecified atom stereocenters. The first-order valence-corrected chi connectivity index (χ1v) is 14.3. The molecule has 2 fully saturated rings. The van der Waals surface area contributed by atoms with Crippen LogP contribution >= 0.6 is 11.6 Å². The summed E-state index contributed by atoms with van der Waals surface area (Å²) in [5, 5.41) is 2.99. The summed E-state index contributed by atoms with van der Waals surface area (Å²) in [5.74, 6) is 1.44. The van der Waals surface area contributed by atoms with E-state index >= 15 is 0 Å². The van der Waals surface area contributed by atoms with Crippen molar-refractivity contribution in [3.8, 4) is 17.0 Å². The number of aromatic nitrogens is 1. The molecule has 1 aromatic heterocycles. The Bertz CT molecular complexity index is 1430. The monoisotopic (exact) mass is 775 g/mol. The Labute approximate surface area is 253 Å². The van der Waals surface area contributed by atoms with Gasteiger partial charge in [0.2, 0.25) is 5.91 Å². The van der Waals surface area contributed by atoms with E-state index in [1.807, 2.05) is 42.5 Å². The van der Waals surface area contributed by atoms with Gasteiger partial charge in [-0.2, -0.15) is 18.6 Å². The van der Waals surface area contributed by atoms with Gasteiger partial charge in [0.05, 0.1) is 23.1 Å². The van der Waals surface area contributed by atoms with Crippen LogP contribution in [0.3, 0.4) is 0 Å². The molecule has 0 radical (unpaired) electrons. The van der Waals surface area contributed by atoms with E-state index in [9.17, 15) is 9.00 Å². The number of alkyl halides is 1. The van der Waals surface area contributed by atoms with E-state index in [-0.39, 0.29) is 43.1 Å². The van der Waals surface area contributed by atoms with E-state index in [0.717, 1.165) is 42.4 Å². The van der Waals surface area contributed by atoms with Gasteiger partial charge >= 0.3 is 0 Å². The summed E-state index contributed by atoms with van der Waals surface area (Å²) >= 11 is 6.04. The fourth-order valence-electron chi connectivity index (χ4n) is 5.00. The molecule has 2 atom stereocenters. The van der Waals surface area contributed by atoms with Gasteiger partial charge < -0.3 is 10.1 Å². The van der Waals surface area contributed by atoms with E-state index in [1.54, 1.807) is 29.6 Å². The van der Waals surface area contributed by atoms with Crippen molar-refractivity contribution in [3.05, 3.63) is 78.7 Å². The number of pyridine rings is 1. The number of nitrogens with zero attached hydrogens (tertiary/aromatic N) is 2. The number of nitrogens with one attached hydrogen (secondary N) is 2. The summed E-state index contributed by atoms with van der Waals surface area (Å²) in [4.78, 5) is 18.4. The maximum absolute atomic E-state index is 13.3. The molecule has 2 N–H and O–H groups in total. The van der Waals surface area contributed by atoms with E-state index < -0.39 is 15.3 Å². The maximum Gasteiger partial charge on any atom is 0.235 e. The molecule has 0 spiro atoms. The first kappa shape index (κ1) is 29.0. The molecule has 1 amide bonds. The van der Waals surface area contributed by atoms with E-state index in [1.165, 1.54) is 0 Å². The third kappa shape index (κ3) is 5.50. The van der Waals surface area contributed by atoms with Gasteiger partial charge in [0.1, 0.15) is 15.7 Å². The van der Waals surface area contributed by atoms with Gasteiger partial charge in [0.15, 0.2) is 0 Å². The Morgan fingerprint density at radius 1 is 1.24 bits per heavy atom. The van der Waals surface area contributed by atoms with Crippen LogP contribution in [0.5, 0.6) is 5.75 Å². The van der Waals surface area contributed by atoms with Gasteiger partial charge in [0, 0.05) is 60.9 Å². The summed E-state index contributed by atoms with van der Waals surface area (Å²) in [7, 11) is -1.50. The zero-order valence-corrected chi connectivity index (χ0v) is 26.9. The van der Waals surface area contributed by atoms with Crippen molar-refractivity contribution in [1.29, 1.82) is 4.78 Å².